The Morgan fingerprint density at radius 3 is 2.71 bits per heavy atom. The Morgan fingerprint density at radius 1 is 1.15 bits per heavy atom. The number of aliphatic hydroxyl groups is 1. The number of amides is 1. The van der Waals surface area contributed by atoms with Gasteiger partial charge in [0.05, 0.1) is 29.0 Å². The zero-order valence-electron chi connectivity index (χ0n) is 18.3. The Hall–Kier alpha value is -3.67. The predicted octanol–water partition coefficient (Wildman–Crippen LogP) is 1.84. The third kappa shape index (κ3) is 4.67. The van der Waals surface area contributed by atoms with Crippen LogP contribution in [0, 0.1) is 0 Å². The lowest BCUT2D eigenvalue weighted by atomic mass is 10.1. The van der Waals surface area contributed by atoms with Crippen LogP contribution < -0.4 is 16.0 Å². The monoisotopic (exact) mass is 477 g/mol. The van der Waals surface area contributed by atoms with Crippen molar-refractivity contribution >= 4 is 39.2 Å². The van der Waals surface area contributed by atoms with Crippen LogP contribution in [0.15, 0.2) is 42.7 Å². The number of nitrogens with zero attached hydrogens (tertiary/aromatic N) is 5. The molecule has 3 aromatic heterocycles. The molecule has 5 rings (SSSR count). The number of hydrogen-bond acceptors (Lipinski definition) is 10. The molecule has 1 aromatic carbocycles. The van der Waals surface area contributed by atoms with Gasteiger partial charge in [-0.15, -0.1) is 11.3 Å². The molecule has 1 fully saturated rings. The van der Waals surface area contributed by atoms with Crippen LogP contribution in [-0.2, 0) is 16.1 Å². The molecule has 0 spiro atoms. The Balaban J connectivity index is 1.56. The first-order chi connectivity index (χ1) is 16.6. The standard InChI is InChI=1S/C23H23N7O3S/c24-23-26-11-16(12-27-23)21-28-17-9-18(15-3-1-2-14(8-15)10-25-19(32)13-31)34-20(17)22(29-21)30-4-6-33-7-5-30/h1-3,8-9,11-12,31H,4-7,10,13H2,(H,25,32)(H2,24,26,27). The summed E-state index contributed by atoms with van der Waals surface area (Å²) in [4.78, 5) is 32.5. The molecule has 34 heavy (non-hydrogen) atoms. The number of morpholine rings is 1. The SMILES string of the molecule is Nc1ncc(-c2nc(N3CCOCC3)c3sc(-c4cccc(CNC(=O)CO)c4)cc3n2)cn1. The highest BCUT2D eigenvalue weighted by Crippen LogP contribution is 2.39. The highest BCUT2D eigenvalue weighted by molar-refractivity contribution is 7.22. The van der Waals surface area contributed by atoms with Crippen molar-refractivity contribution in [3.05, 3.63) is 48.3 Å². The molecular formula is C23H23N7O3S. The van der Waals surface area contributed by atoms with Gasteiger partial charge in [-0.25, -0.2) is 19.9 Å². The number of anilines is 2. The van der Waals surface area contributed by atoms with Gasteiger partial charge in [0.1, 0.15) is 6.61 Å². The smallest absolute Gasteiger partial charge is 0.245 e. The van der Waals surface area contributed by atoms with E-state index in [0.717, 1.165) is 45.1 Å². The molecule has 0 atom stereocenters. The molecule has 4 heterocycles. The molecule has 0 aliphatic carbocycles. The molecule has 0 unspecified atom stereocenters. The molecule has 1 amide bonds. The number of nitrogen functional groups attached to an aromatic ring is 1. The van der Waals surface area contributed by atoms with Gasteiger partial charge in [-0.2, -0.15) is 0 Å². The van der Waals surface area contributed by atoms with E-state index in [-0.39, 0.29) is 5.95 Å². The lowest BCUT2D eigenvalue weighted by Gasteiger charge is -2.28. The molecule has 4 aromatic rings. The first-order valence-electron chi connectivity index (χ1n) is 10.8. The summed E-state index contributed by atoms with van der Waals surface area (Å²) < 4.78 is 6.53. The van der Waals surface area contributed by atoms with E-state index in [1.165, 1.54) is 0 Å². The van der Waals surface area contributed by atoms with Crippen LogP contribution in [0.3, 0.4) is 0 Å². The summed E-state index contributed by atoms with van der Waals surface area (Å²) in [6, 6.07) is 9.99. The Labute approximate surface area is 199 Å². The van der Waals surface area contributed by atoms with Gasteiger partial charge in [-0.3, -0.25) is 4.79 Å². The quantitative estimate of drug-likeness (QED) is 0.379. The largest absolute Gasteiger partial charge is 0.387 e. The minimum Gasteiger partial charge on any atom is -0.387 e. The molecule has 4 N–H and O–H groups in total. The minimum absolute atomic E-state index is 0.200. The van der Waals surface area contributed by atoms with Crippen LogP contribution in [0.4, 0.5) is 11.8 Å². The Morgan fingerprint density at radius 2 is 1.94 bits per heavy atom. The van der Waals surface area contributed by atoms with Gasteiger partial charge in [-0.05, 0) is 23.3 Å². The van der Waals surface area contributed by atoms with Crippen LogP contribution >= 0.6 is 11.3 Å². The van der Waals surface area contributed by atoms with Crippen molar-refractivity contribution in [1.29, 1.82) is 0 Å². The van der Waals surface area contributed by atoms with Gasteiger partial charge in [0.25, 0.3) is 0 Å². The van der Waals surface area contributed by atoms with Crippen molar-refractivity contribution in [1.82, 2.24) is 25.3 Å². The van der Waals surface area contributed by atoms with Crippen LogP contribution in [0.2, 0.25) is 0 Å². The van der Waals surface area contributed by atoms with Gasteiger partial charge >= 0.3 is 0 Å². The second-order valence-electron chi connectivity index (χ2n) is 7.76. The number of nitrogens with one attached hydrogen (secondary N) is 1. The number of rotatable bonds is 6. The molecule has 1 aliphatic heterocycles. The number of nitrogens with two attached hydrogens (primary N) is 1. The van der Waals surface area contributed by atoms with Crippen molar-refractivity contribution in [3.8, 4) is 21.8 Å². The molecule has 1 saturated heterocycles. The first kappa shape index (κ1) is 22.1. The number of hydrogen-bond donors (Lipinski definition) is 3. The number of carbonyl (C=O) groups is 1. The second-order valence-corrected chi connectivity index (χ2v) is 8.81. The molecule has 11 heteroatoms. The lowest BCUT2D eigenvalue weighted by molar-refractivity contribution is -0.123. The molecule has 174 valence electrons. The molecule has 0 radical (unpaired) electrons. The number of carbonyl (C=O) groups excluding carboxylic acids is 1. The zero-order valence-corrected chi connectivity index (χ0v) is 19.1. The molecule has 0 saturated carbocycles. The van der Waals surface area contributed by atoms with E-state index < -0.39 is 12.5 Å². The molecule has 10 nitrogen and oxygen atoms in total. The summed E-state index contributed by atoms with van der Waals surface area (Å²) in [5.74, 6) is 1.20. The summed E-state index contributed by atoms with van der Waals surface area (Å²) in [6.07, 6.45) is 3.26. The van der Waals surface area contributed by atoms with E-state index in [0.29, 0.717) is 31.1 Å². The number of aromatic nitrogens is 4. The maximum atomic E-state index is 11.4. The normalized spacial score (nSPS) is 13.9. The summed E-state index contributed by atoms with van der Waals surface area (Å²) in [6.45, 7) is 2.60. The number of benzene rings is 1. The minimum atomic E-state index is -0.527. The lowest BCUT2D eigenvalue weighted by Crippen LogP contribution is -2.36. The fourth-order valence-electron chi connectivity index (χ4n) is 3.72. The van der Waals surface area contributed by atoms with Crippen LogP contribution in [0.25, 0.3) is 32.0 Å². The van der Waals surface area contributed by atoms with Gasteiger partial charge < -0.3 is 25.8 Å². The van der Waals surface area contributed by atoms with E-state index in [9.17, 15) is 4.79 Å². The third-order valence-corrected chi connectivity index (χ3v) is 6.61. The first-order valence-corrected chi connectivity index (χ1v) is 11.6. The predicted molar refractivity (Wildman–Crippen MR) is 130 cm³/mol. The number of fused-ring (bicyclic) bond motifs is 1. The summed E-state index contributed by atoms with van der Waals surface area (Å²) in [5.41, 5.74) is 9.14. The van der Waals surface area contributed by atoms with Crippen molar-refractivity contribution < 1.29 is 14.6 Å². The Bertz CT molecular complexity index is 1320. The number of thiophene rings is 1. The van der Waals surface area contributed by atoms with Gasteiger partial charge in [0.2, 0.25) is 11.9 Å². The van der Waals surface area contributed by atoms with Crippen molar-refractivity contribution in [2.24, 2.45) is 0 Å². The summed E-state index contributed by atoms with van der Waals surface area (Å²) in [5, 5.41) is 11.6. The fourth-order valence-corrected chi connectivity index (χ4v) is 4.83. The van der Waals surface area contributed by atoms with Crippen molar-refractivity contribution in [2.45, 2.75) is 6.54 Å². The van der Waals surface area contributed by atoms with Crippen LogP contribution in [0.1, 0.15) is 5.56 Å². The van der Waals surface area contributed by atoms with Gasteiger partial charge in [0, 0.05) is 36.9 Å². The zero-order chi connectivity index (χ0) is 23.5. The highest BCUT2D eigenvalue weighted by Gasteiger charge is 2.21. The highest BCUT2D eigenvalue weighted by atomic mass is 32.1. The molecule has 0 bridgehead atoms. The van der Waals surface area contributed by atoms with E-state index in [1.54, 1.807) is 23.7 Å². The Kier molecular flexibility index (Phi) is 6.30. The fraction of sp³-hybridized carbons (Fsp3) is 0.261. The maximum Gasteiger partial charge on any atom is 0.245 e. The summed E-state index contributed by atoms with van der Waals surface area (Å²) in [7, 11) is 0. The average Bonchev–Trinajstić information content (AvgIpc) is 3.32. The van der Waals surface area contributed by atoms with E-state index in [1.807, 2.05) is 24.3 Å². The second kappa shape index (κ2) is 9.67. The van der Waals surface area contributed by atoms with E-state index >= 15 is 0 Å². The molecular weight excluding hydrogens is 454 g/mol. The van der Waals surface area contributed by atoms with Crippen molar-refractivity contribution in [3.63, 3.8) is 0 Å². The topological polar surface area (TPSA) is 139 Å². The van der Waals surface area contributed by atoms with Crippen molar-refractivity contribution in [2.75, 3.05) is 43.5 Å². The number of ether oxygens (including phenoxy) is 1. The average molecular weight is 478 g/mol. The third-order valence-electron chi connectivity index (χ3n) is 5.44. The van der Waals surface area contributed by atoms with Crippen LogP contribution in [-0.4, -0.2) is 63.9 Å². The van der Waals surface area contributed by atoms with E-state index in [2.05, 4.69) is 26.3 Å². The number of aliphatic hydroxyl groups excluding tert-OH is 1. The molecule has 1 aliphatic rings. The van der Waals surface area contributed by atoms with Gasteiger partial charge in [-0.1, -0.05) is 18.2 Å². The van der Waals surface area contributed by atoms with Crippen LogP contribution in [0.5, 0.6) is 0 Å². The van der Waals surface area contributed by atoms with E-state index in [4.69, 9.17) is 25.5 Å². The summed E-state index contributed by atoms with van der Waals surface area (Å²) >= 11 is 1.63. The van der Waals surface area contributed by atoms with Gasteiger partial charge in [0.15, 0.2) is 11.6 Å². The maximum absolute atomic E-state index is 11.4.